The zero-order valence-electron chi connectivity index (χ0n) is 17.1. The molecule has 1 aliphatic rings. The second-order valence-electron chi connectivity index (χ2n) is 6.63. The van der Waals surface area contributed by atoms with Gasteiger partial charge in [-0.15, -0.1) is 0 Å². The molecule has 28 heavy (non-hydrogen) atoms. The van der Waals surface area contributed by atoms with Gasteiger partial charge in [-0.3, -0.25) is 9.79 Å². The van der Waals surface area contributed by atoms with E-state index in [2.05, 4.69) is 20.5 Å². The summed E-state index contributed by atoms with van der Waals surface area (Å²) < 4.78 is 15.8. The number of hydrogen-bond donors (Lipinski definition) is 2. The van der Waals surface area contributed by atoms with Gasteiger partial charge in [-0.1, -0.05) is 6.07 Å². The smallest absolute Gasteiger partial charge is 0.251 e. The minimum Gasteiger partial charge on any atom is -0.497 e. The van der Waals surface area contributed by atoms with Gasteiger partial charge in [-0.05, 0) is 24.6 Å². The number of likely N-dealkylation sites (tertiary alicyclic amines) is 1. The van der Waals surface area contributed by atoms with Crippen molar-refractivity contribution in [2.75, 3.05) is 67.3 Å². The molecular formula is C20H32N4O4. The second-order valence-corrected chi connectivity index (χ2v) is 6.63. The lowest BCUT2D eigenvalue weighted by molar-refractivity contribution is 0.0536. The van der Waals surface area contributed by atoms with Crippen molar-refractivity contribution in [3.8, 4) is 5.75 Å². The molecule has 1 heterocycles. The first-order valence-electron chi connectivity index (χ1n) is 9.62. The lowest BCUT2D eigenvalue weighted by atomic mass is 10.1. The van der Waals surface area contributed by atoms with Crippen LogP contribution in [-0.4, -0.2) is 84.0 Å². The molecule has 8 nitrogen and oxygen atoms in total. The van der Waals surface area contributed by atoms with E-state index in [9.17, 15) is 4.79 Å². The first kappa shape index (κ1) is 22.0. The summed E-state index contributed by atoms with van der Waals surface area (Å²) in [6.07, 6.45) is 1.08. The molecule has 156 valence electrons. The monoisotopic (exact) mass is 392 g/mol. The van der Waals surface area contributed by atoms with Crippen LogP contribution in [0.5, 0.6) is 5.75 Å². The molecule has 0 bridgehead atoms. The molecule has 1 atom stereocenters. The Kier molecular flexibility index (Phi) is 9.57. The predicted octanol–water partition coefficient (Wildman–Crippen LogP) is 0.985. The fourth-order valence-corrected chi connectivity index (χ4v) is 3.10. The molecule has 0 radical (unpaired) electrons. The van der Waals surface area contributed by atoms with E-state index in [0.29, 0.717) is 43.5 Å². The van der Waals surface area contributed by atoms with Crippen molar-refractivity contribution >= 4 is 11.9 Å². The number of hydrogen-bond acceptors (Lipinski definition) is 5. The van der Waals surface area contributed by atoms with Gasteiger partial charge in [0.15, 0.2) is 5.96 Å². The van der Waals surface area contributed by atoms with E-state index in [-0.39, 0.29) is 5.91 Å². The molecule has 8 heteroatoms. The van der Waals surface area contributed by atoms with Gasteiger partial charge in [-0.25, -0.2) is 0 Å². The summed E-state index contributed by atoms with van der Waals surface area (Å²) in [6, 6.07) is 7.11. The Hall–Kier alpha value is -2.32. The van der Waals surface area contributed by atoms with E-state index < -0.39 is 0 Å². The van der Waals surface area contributed by atoms with Gasteiger partial charge in [0.25, 0.3) is 5.91 Å². The number of aliphatic imine (C=N–C) groups is 1. The van der Waals surface area contributed by atoms with Crippen LogP contribution in [0, 0.1) is 5.92 Å². The highest BCUT2D eigenvalue weighted by Gasteiger charge is 2.24. The highest BCUT2D eigenvalue weighted by molar-refractivity contribution is 5.94. The summed E-state index contributed by atoms with van der Waals surface area (Å²) in [7, 11) is 5.04. The third-order valence-electron chi connectivity index (χ3n) is 4.61. The lowest BCUT2D eigenvalue weighted by Crippen LogP contribution is -2.43. The molecule has 1 aromatic rings. The van der Waals surface area contributed by atoms with Gasteiger partial charge in [0.05, 0.1) is 26.9 Å². The van der Waals surface area contributed by atoms with Gasteiger partial charge in [-0.2, -0.15) is 0 Å². The van der Waals surface area contributed by atoms with Crippen molar-refractivity contribution in [2.24, 2.45) is 10.9 Å². The molecule has 0 aromatic heterocycles. The van der Waals surface area contributed by atoms with Gasteiger partial charge in [0.1, 0.15) is 5.75 Å². The van der Waals surface area contributed by atoms with E-state index in [4.69, 9.17) is 14.2 Å². The largest absolute Gasteiger partial charge is 0.497 e. The fourth-order valence-electron chi connectivity index (χ4n) is 3.10. The summed E-state index contributed by atoms with van der Waals surface area (Å²) in [6.45, 7) is 4.98. The average molecular weight is 393 g/mol. The van der Waals surface area contributed by atoms with Gasteiger partial charge in [0, 0.05) is 51.8 Å². The summed E-state index contributed by atoms with van der Waals surface area (Å²) in [5.74, 6) is 1.91. The molecule has 1 unspecified atom stereocenters. The Morgan fingerprint density at radius 2 is 2.07 bits per heavy atom. The molecular weight excluding hydrogens is 360 g/mol. The van der Waals surface area contributed by atoms with Crippen molar-refractivity contribution in [3.05, 3.63) is 29.8 Å². The maximum absolute atomic E-state index is 12.2. The Morgan fingerprint density at radius 1 is 1.25 bits per heavy atom. The summed E-state index contributed by atoms with van der Waals surface area (Å²) >= 11 is 0. The molecule has 1 aromatic carbocycles. The van der Waals surface area contributed by atoms with Crippen molar-refractivity contribution in [1.29, 1.82) is 0 Å². The fraction of sp³-hybridized carbons (Fsp3) is 0.600. The van der Waals surface area contributed by atoms with Gasteiger partial charge < -0.3 is 29.7 Å². The maximum atomic E-state index is 12.2. The van der Waals surface area contributed by atoms with Gasteiger partial charge in [0.2, 0.25) is 0 Å². The number of nitrogens with zero attached hydrogens (tertiary/aromatic N) is 2. The molecule has 0 spiro atoms. The number of carbonyl (C=O) groups is 1. The van der Waals surface area contributed by atoms with Crippen LogP contribution in [0.3, 0.4) is 0 Å². The van der Waals surface area contributed by atoms with Crippen LogP contribution >= 0.6 is 0 Å². The quantitative estimate of drug-likeness (QED) is 0.351. The zero-order chi connectivity index (χ0) is 20.2. The number of guanidine groups is 1. The Morgan fingerprint density at radius 3 is 2.82 bits per heavy atom. The SMILES string of the molecule is CN=C(NCCNC(=O)c1cccc(OC)c1)N1CCC(COCCOC)C1. The number of nitrogens with one attached hydrogen (secondary N) is 2. The Balaban J connectivity index is 1.67. The van der Waals surface area contributed by atoms with E-state index >= 15 is 0 Å². The lowest BCUT2D eigenvalue weighted by Gasteiger charge is -2.22. The van der Waals surface area contributed by atoms with E-state index in [0.717, 1.165) is 32.1 Å². The third-order valence-corrected chi connectivity index (χ3v) is 4.61. The third kappa shape index (κ3) is 7.01. The molecule has 2 N–H and O–H groups in total. The van der Waals surface area contributed by atoms with Crippen LogP contribution < -0.4 is 15.4 Å². The topological polar surface area (TPSA) is 84.4 Å². The van der Waals surface area contributed by atoms with Crippen LogP contribution in [0.4, 0.5) is 0 Å². The standard InChI is InChI=1S/C20H32N4O4/c1-21-20(24-10-7-16(14-24)15-28-12-11-26-2)23-9-8-22-19(25)17-5-4-6-18(13-17)27-3/h4-6,13,16H,7-12,14-15H2,1-3H3,(H,21,23)(H,22,25). The predicted molar refractivity (Wildman–Crippen MR) is 109 cm³/mol. The van der Waals surface area contributed by atoms with Crippen molar-refractivity contribution in [1.82, 2.24) is 15.5 Å². The number of methoxy groups -OCH3 is 2. The Labute approximate surface area is 167 Å². The number of benzene rings is 1. The molecule has 1 aliphatic heterocycles. The second kappa shape index (κ2) is 12.2. The zero-order valence-corrected chi connectivity index (χ0v) is 17.1. The summed E-state index contributed by atoms with van der Waals surface area (Å²) in [4.78, 5) is 18.8. The van der Waals surface area contributed by atoms with Crippen LogP contribution in [0.1, 0.15) is 16.8 Å². The number of carbonyl (C=O) groups excluding carboxylic acids is 1. The number of rotatable bonds is 10. The molecule has 1 fully saturated rings. The highest BCUT2D eigenvalue weighted by Crippen LogP contribution is 2.16. The van der Waals surface area contributed by atoms with Crippen LogP contribution in [-0.2, 0) is 9.47 Å². The number of amides is 1. The Bertz CT molecular complexity index is 638. The maximum Gasteiger partial charge on any atom is 0.251 e. The average Bonchev–Trinajstić information content (AvgIpc) is 3.19. The molecule has 0 saturated carbocycles. The van der Waals surface area contributed by atoms with Crippen LogP contribution in [0.25, 0.3) is 0 Å². The van der Waals surface area contributed by atoms with Gasteiger partial charge >= 0.3 is 0 Å². The molecule has 0 aliphatic carbocycles. The number of ether oxygens (including phenoxy) is 3. The first-order chi connectivity index (χ1) is 13.7. The normalized spacial score (nSPS) is 16.9. The molecule has 2 rings (SSSR count). The van der Waals surface area contributed by atoms with Crippen molar-refractivity contribution in [2.45, 2.75) is 6.42 Å². The van der Waals surface area contributed by atoms with Crippen LogP contribution in [0.15, 0.2) is 29.3 Å². The molecule has 1 amide bonds. The highest BCUT2D eigenvalue weighted by atomic mass is 16.5. The van der Waals surface area contributed by atoms with E-state index in [1.54, 1.807) is 39.5 Å². The van der Waals surface area contributed by atoms with E-state index in [1.165, 1.54) is 0 Å². The first-order valence-corrected chi connectivity index (χ1v) is 9.62. The molecule has 1 saturated heterocycles. The minimum absolute atomic E-state index is 0.120. The van der Waals surface area contributed by atoms with Crippen molar-refractivity contribution in [3.63, 3.8) is 0 Å². The van der Waals surface area contributed by atoms with Crippen molar-refractivity contribution < 1.29 is 19.0 Å². The van der Waals surface area contributed by atoms with E-state index in [1.807, 2.05) is 6.07 Å². The summed E-state index contributed by atoms with van der Waals surface area (Å²) in [5, 5.41) is 6.22. The minimum atomic E-state index is -0.120. The summed E-state index contributed by atoms with van der Waals surface area (Å²) in [5.41, 5.74) is 0.583. The van der Waals surface area contributed by atoms with Crippen LogP contribution in [0.2, 0.25) is 0 Å².